The molecule has 0 bridgehead atoms. The van der Waals surface area contributed by atoms with Crippen molar-refractivity contribution in [2.45, 2.75) is 45.9 Å². The summed E-state index contributed by atoms with van der Waals surface area (Å²) < 4.78 is 1.95. The Morgan fingerprint density at radius 3 is 2.62 bits per heavy atom. The molecule has 0 N–H and O–H groups in total. The van der Waals surface area contributed by atoms with Gasteiger partial charge in [0, 0.05) is 6.20 Å². The largest absolute Gasteiger partial charge is 0.302 e. The molecule has 0 saturated carbocycles. The van der Waals surface area contributed by atoms with Gasteiger partial charge in [-0.3, -0.25) is 0 Å². The molecular formula is C9H18BN3. The molecule has 1 heterocycles. The summed E-state index contributed by atoms with van der Waals surface area (Å²) in [5.74, 6) is 1.16. The molecule has 1 aromatic rings. The number of hydrogen-bond donors (Lipinski definition) is 0. The maximum Gasteiger partial charge on any atom is 0.271 e. The van der Waals surface area contributed by atoms with Gasteiger partial charge in [-0.1, -0.05) is 39.3 Å². The highest BCUT2D eigenvalue weighted by Gasteiger charge is 2.08. The summed E-state index contributed by atoms with van der Waals surface area (Å²) >= 11 is 0. The maximum atomic E-state index is 4.12. The monoisotopic (exact) mass is 179 g/mol. The molecule has 0 aromatic carbocycles. The lowest BCUT2D eigenvalue weighted by Gasteiger charge is -2.03. The van der Waals surface area contributed by atoms with Gasteiger partial charge in [0.2, 0.25) is 0 Å². The molecule has 0 radical (unpaired) electrons. The average Bonchev–Trinajstić information content (AvgIpc) is 2.52. The highest BCUT2D eigenvalue weighted by Crippen LogP contribution is 2.11. The van der Waals surface area contributed by atoms with Gasteiger partial charge in [-0.2, -0.15) is 0 Å². The minimum Gasteiger partial charge on any atom is -0.302 e. The van der Waals surface area contributed by atoms with Crippen molar-refractivity contribution in [2.75, 3.05) is 0 Å². The van der Waals surface area contributed by atoms with E-state index in [1.54, 1.807) is 0 Å². The van der Waals surface area contributed by atoms with Crippen LogP contribution in [0.3, 0.4) is 0 Å². The molecule has 0 aliphatic heterocycles. The van der Waals surface area contributed by atoms with E-state index in [4.69, 9.17) is 0 Å². The smallest absolute Gasteiger partial charge is 0.271 e. The van der Waals surface area contributed by atoms with Gasteiger partial charge in [0.25, 0.3) is 7.41 Å². The summed E-state index contributed by atoms with van der Waals surface area (Å²) in [5.41, 5.74) is 1.09. The second-order valence-electron chi connectivity index (χ2n) is 4.03. The maximum absolute atomic E-state index is 4.12. The summed E-state index contributed by atoms with van der Waals surface area (Å²) in [6, 6.07) is 0. The van der Waals surface area contributed by atoms with Gasteiger partial charge in [0.1, 0.15) is 0 Å². The third-order valence-electron chi connectivity index (χ3n) is 2.34. The number of hydrogen-bond acceptors (Lipinski definition) is 2. The van der Waals surface area contributed by atoms with Crippen LogP contribution in [0, 0.1) is 0 Å². The first kappa shape index (κ1) is 10.3. The molecule has 72 valence electrons. The van der Waals surface area contributed by atoms with Gasteiger partial charge in [-0.25, -0.2) is 0 Å². The van der Waals surface area contributed by atoms with Gasteiger partial charge >= 0.3 is 0 Å². The van der Waals surface area contributed by atoms with E-state index >= 15 is 0 Å². The van der Waals surface area contributed by atoms with Gasteiger partial charge in [-0.15, -0.1) is 5.10 Å². The Morgan fingerprint density at radius 2 is 2.15 bits per heavy atom. The van der Waals surface area contributed by atoms with Crippen LogP contribution in [0.15, 0.2) is 6.20 Å². The fraction of sp³-hybridized carbons (Fsp3) is 0.778. The fourth-order valence-electron chi connectivity index (χ4n) is 1.12. The molecule has 0 fully saturated rings. The van der Waals surface area contributed by atoms with Crippen molar-refractivity contribution in [1.29, 1.82) is 0 Å². The van der Waals surface area contributed by atoms with Gasteiger partial charge in [0.15, 0.2) is 0 Å². The van der Waals surface area contributed by atoms with Crippen LogP contribution in [-0.2, 0) is 0 Å². The second kappa shape index (κ2) is 4.44. The molecule has 1 unspecified atom stereocenters. The zero-order valence-electron chi connectivity index (χ0n) is 8.99. The van der Waals surface area contributed by atoms with Crippen LogP contribution < -0.4 is 0 Å². The molecule has 1 rings (SSSR count). The normalized spacial score (nSPS) is 13.3. The lowest BCUT2D eigenvalue weighted by atomic mass is 9.75. The summed E-state index contributed by atoms with van der Waals surface area (Å²) in [5, 5.41) is 8.21. The predicted molar refractivity (Wildman–Crippen MR) is 56.4 cm³/mol. The van der Waals surface area contributed by atoms with E-state index in [-0.39, 0.29) is 0 Å². The Hall–Kier alpha value is -0.795. The highest BCUT2D eigenvalue weighted by molar-refractivity contribution is 6.35. The molecular weight excluding hydrogens is 161 g/mol. The van der Waals surface area contributed by atoms with Crippen molar-refractivity contribution < 1.29 is 0 Å². The highest BCUT2D eigenvalue weighted by atomic mass is 15.4. The van der Waals surface area contributed by atoms with Crippen LogP contribution in [0.1, 0.15) is 45.7 Å². The van der Waals surface area contributed by atoms with Crippen molar-refractivity contribution in [3.05, 3.63) is 11.9 Å². The van der Waals surface area contributed by atoms with Crippen molar-refractivity contribution >= 4 is 7.41 Å². The van der Waals surface area contributed by atoms with E-state index in [0.717, 1.165) is 13.1 Å². The Kier molecular flexibility index (Phi) is 3.52. The molecule has 1 aromatic heterocycles. The Bertz CT molecular complexity index is 257. The van der Waals surface area contributed by atoms with Crippen molar-refractivity contribution in [1.82, 2.24) is 14.9 Å². The van der Waals surface area contributed by atoms with E-state index in [1.807, 2.05) is 4.59 Å². The molecule has 0 spiro atoms. The molecule has 0 aliphatic rings. The standard InChI is InChI=1S/C9H18BN3/c1-5-8(4)10-13-6-9(7(2)3)11-12-13/h6-8,10H,5H2,1-4H3. The molecule has 13 heavy (non-hydrogen) atoms. The van der Waals surface area contributed by atoms with Crippen molar-refractivity contribution in [3.8, 4) is 0 Å². The minimum absolute atomic E-state index is 0.477. The van der Waals surface area contributed by atoms with Crippen LogP contribution >= 0.6 is 0 Å². The van der Waals surface area contributed by atoms with Crippen LogP contribution in [0.2, 0.25) is 5.82 Å². The Morgan fingerprint density at radius 1 is 1.46 bits per heavy atom. The summed E-state index contributed by atoms with van der Waals surface area (Å²) in [6.45, 7) is 8.71. The van der Waals surface area contributed by atoms with E-state index in [1.165, 1.54) is 6.42 Å². The average molecular weight is 179 g/mol. The SMILES string of the molecule is CCC(C)Bn1cc(C(C)C)nn1. The molecule has 0 saturated heterocycles. The first-order chi connectivity index (χ1) is 6.13. The van der Waals surface area contributed by atoms with Gasteiger partial charge in [-0.05, 0) is 11.7 Å². The minimum atomic E-state index is 0.477. The van der Waals surface area contributed by atoms with Crippen LogP contribution in [0.4, 0.5) is 0 Å². The number of nitrogens with zero attached hydrogens (tertiary/aromatic N) is 3. The van der Waals surface area contributed by atoms with E-state index in [0.29, 0.717) is 11.7 Å². The number of rotatable bonds is 4. The zero-order valence-corrected chi connectivity index (χ0v) is 8.99. The van der Waals surface area contributed by atoms with E-state index in [2.05, 4.69) is 44.2 Å². The quantitative estimate of drug-likeness (QED) is 0.660. The molecule has 4 heteroatoms. The summed E-state index contributed by atoms with van der Waals surface area (Å²) in [4.78, 5) is 0. The fourth-order valence-corrected chi connectivity index (χ4v) is 1.12. The Balaban J connectivity index is 2.58. The van der Waals surface area contributed by atoms with Crippen LogP contribution in [-0.4, -0.2) is 22.3 Å². The van der Waals surface area contributed by atoms with E-state index < -0.39 is 0 Å². The summed E-state index contributed by atoms with van der Waals surface area (Å²) in [7, 11) is 0.982. The third-order valence-corrected chi connectivity index (χ3v) is 2.34. The third kappa shape index (κ3) is 2.86. The van der Waals surface area contributed by atoms with Gasteiger partial charge < -0.3 is 4.59 Å². The molecule has 1 atom stereocenters. The van der Waals surface area contributed by atoms with Crippen LogP contribution in [0.5, 0.6) is 0 Å². The number of aromatic nitrogens is 3. The van der Waals surface area contributed by atoms with Crippen LogP contribution in [0.25, 0.3) is 0 Å². The van der Waals surface area contributed by atoms with Gasteiger partial charge in [0.05, 0.1) is 5.69 Å². The van der Waals surface area contributed by atoms with E-state index in [9.17, 15) is 0 Å². The zero-order chi connectivity index (χ0) is 9.84. The Labute approximate surface area is 80.8 Å². The summed E-state index contributed by atoms with van der Waals surface area (Å²) in [6.07, 6.45) is 3.24. The first-order valence-corrected chi connectivity index (χ1v) is 5.03. The van der Waals surface area contributed by atoms with Crippen molar-refractivity contribution in [2.24, 2.45) is 0 Å². The molecule has 0 aliphatic carbocycles. The van der Waals surface area contributed by atoms with Crippen molar-refractivity contribution in [3.63, 3.8) is 0 Å². The first-order valence-electron chi connectivity index (χ1n) is 5.03. The lowest BCUT2D eigenvalue weighted by molar-refractivity contribution is 0.782. The molecule has 3 nitrogen and oxygen atoms in total. The predicted octanol–water partition coefficient (Wildman–Crippen LogP) is 1.82. The second-order valence-corrected chi connectivity index (χ2v) is 4.03. The topological polar surface area (TPSA) is 30.7 Å². The lowest BCUT2D eigenvalue weighted by Crippen LogP contribution is -2.11. The molecule has 0 amide bonds.